The number of benzene rings is 1. The number of hydrogen-bond acceptors (Lipinski definition) is 4. The zero-order valence-electron chi connectivity index (χ0n) is 13.1. The van der Waals surface area contributed by atoms with Crippen molar-refractivity contribution in [3.63, 3.8) is 0 Å². The average Bonchev–Trinajstić information content (AvgIpc) is 2.44. The number of esters is 1. The molecule has 0 aromatic heterocycles. The van der Waals surface area contributed by atoms with Crippen LogP contribution in [0.4, 0.5) is 0 Å². The van der Waals surface area contributed by atoms with Crippen molar-refractivity contribution >= 4 is 5.97 Å². The van der Waals surface area contributed by atoms with Gasteiger partial charge in [-0.25, -0.2) is 0 Å². The molecule has 0 bridgehead atoms. The maximum Gasteiger partial charge on any atom is 0.305 e. The minimum absolute atomic E-state index is 0.128. The van der Waals surface area contributed by atoms with Crippen molar-refractivity contribution < 1.29 is 14.3 Å². The molecule has 21 heavy (non-hydrogen) atoms. The van der Waals surface area contributed by atoms with E-state index in [2.05, 4.69) is 6.07 Å². The molecule has 0 N–H and O–H groups in total. The number of hydrogen-bond donors (Lipinski definition) is 0. The van der Waals surface area contributed by atoms with E-state index in [9.17, 15) is 4.79 Å². The van der Waals surface area contributed by atoms with Gasteiger partial charge in [-0.15, -0.1) is 0 Å². The molecule has 1 rings (SSSR count). The van der Waals surface area contributed by atoms with Gasteiger partial charge in [0, 0.05) is 6.42 Å². The summed E-state index contributed by atoms with van der Waals surface area (Å²) in [4.78, 5) is 11.2. The molecule has 0 aliphatic rings. The van der Waals surface area contributed by atoms with E-state index in [0.29, 0.717) is 25.2 Å². The van der Waals surface area contributed by atoms with Crippen LogP contribution in [-0.4, -0.2) is 19.2 Å². The molecule has 0 radical (unpaired) electrons. The summed E-state index contributed by atoms with van der Waals surface area (Å²) >= 11 is 0. The van der Waals surface area contributed by atoms with E-state index in [-0.39, 0.29) is 5.97 Å². The number of nitrogens with zero attached hydrogens (tertiary/aromatic N) is 1. The van der Waals surface area contributed by atoms with Crippen LogP contribution in [0.15, 0.2) is 12.1 Å². The molecule has 114 valence electrons. The predicted molar refractivity (Wildman–Crippen MR) is 81.2 cm³/mol. The molecule has 0 unspecified atom stereocenters. The predicted octanol–water partition coefficient (Wildman–Crippen LogP) is 3.68. The molecule has 1 aromatic carbocycles. The maximum absolute atomic E-state index is 11.2. The van der Waals surface area contributed by atoms with Gasteiger partial charge in [-0.1, -0.05) is 0 Å². The molecule has 4 heteroatoms. The lowest BCUT2D eigenvalue weighted by molar-refractivity contribution is -0.143. The fraction of sp³-hybridized carbons (Fsp3) is 0.529. The van der Waals surface area contributed by atoms with Crippen LogP contribution >= 0.6 is 0 Å². The van der Waals surface area contributed by atoms with Crippen molar-refractivity contribution in [3.05, 3.63) is 28.8 Å². The highest BCUT2D eigenvalue weighted by Crippen LogP contribution is 2.24. The van der Waals surface area contributed by atoms with Crippen molar-refractivity contribution in [2.75, 3.05) is 13.2 Å². The summed E-state index contributed by atoms with van der Waals surface area (Å²) in [7, 11) is 0. The SMILES string of the molecule is CCOC(=O)CCCCCOc1c(C)cc(C#N)cc1C. The minimum atomic E-state index is -0.128. The quantitative estimate of drug-likeness (QED) is 0.541. The molecule has 0 atom stereocenters. The molecule has 0 spiro atoms. The van der Waals surface area contributed by atoms with E-state index < -0.39 is 0 Å². The van der Waals surface area contributed by atoms with Gasteiger partial charge in [-0.2, -0.15) is 5.26 Å². The Morgan fingerprint density at radius 1 is 1.19 bits per heavy atom. The Hall–Kier alpha value is -2.02. The summed E-state index contributed by atoms with van der Waals surface area (Å²) in [5.41, 5.74) is 2.63. The van der Waals surface area contributed by atoms with Crippen molar-refractivity contribution in [3.8, 4) is 11.8 Å². The largest absolute Gasteiger partial charge is 0.493 e. The Morgan fingerprint density at radius 2 is 1.86 bits per heavy atom. The second-order valence-corrected chi connectivity index (χ2v) is 5.02. The highest BCUT2D eigenvalue weighted by atomic mass is 16.5. The minimum Gasteiger partial charge on any atom is -0.493 e. The van der Waals surface area contributed by atoms with Gasteiger partial charge >= 0.3 is 5.97 Å². The van der Waals surface area contributed by atoms with Gasteiger partial charge < -0.3 is 9.47 Å². The van der Waals surface area contributed by atoms with Gasteiger partial charge in [-0.3, -0.25) is 4.79 Å². The van der Waals surface area contributed by atoms with Crippen LogP contribution in [-0.2, 0) is 9.53 Å². The van der Waals surface area contributed by atoms with E-state index in [1.165, 1.54) is 0 Å². The second-order valence-electron chi connectivity index (χ2n) is 5.02. The molecule has 4 nitrogen and oxygen atoms in total. The van der Waals surface area contributed by atoms with Gasteiger partial charge in [0.2, 0.25) is 0 Å². The van der Waals surface area contributed by atoms with Gasteiger partial charge in [0.25, 0.3) is 0 Å². The standard InChI is InChI=1S/C17H23NO3/c1-4-20-16(19)8-6-5-7-9-21-17-13(2)10-15(12-18)11-14(17)3/h10-11H,4-9H2,1-3H3. The molecular formula is C17H23NO3. The third-order valence-electron chi connectivity index (χ3n) is 3.17. The summed E-state index contributed by atoms with van der Waals surface area (Å²) in [5.74, 6) is 0.733. The highest BCUT2D eigenvalue weighted by molar-refractivity contribution is 5.69. The fourth-order valence-corrected chi connectivity index (χ4v) is 2.20. The number of carbonyl (C=O) groups is 1. The van der Waals surface area contributed by atoms with E-state index in [1.807, 2.05) is 32.9 Å². The molecule has 0 aliphatic carbocycles. The number of ether oxygens (including phenoxy) is 2. The molecular weight excluding hydrogens is 266 g/mol. The normalized spacial score (nSPS) is 10.0. The summed E-state index contributed by atoms with van der Waals surface area (Å²) in [6.07, 6.45) is 3.14. The summed E-state index contributed by atoms with van der Waals surface area (Å²) < 4.78 is 10.7. The van der Waals surface area contributed by atoms with Crippen LogP contribution in [0, 0.1) is 25.2 Å². The van der Waals surface area contributed by atoms with Gasteiger partial charge in [-0.05, 0) is 63.3 Å². The number of carbonyl (C=O) groups excluding carboxylic acids is 1. The van der Waals surface area contributed by atoms with Crippen molar-refractivity contribution in [1.82, 2.24) is 0 Å². The molecule has 0 aliphatic heterocycles. The smallest absolute Gasteiger partial charge is 0.305 e. The lowest BCUT2D eigenvalue weighted by atomic mass is 10.1. The molecule has 0 saturated heterocycles. The Labute approximate surface area is 126 Å². The Kier molecular flexibility index (Phi) is 7.31. The van der Waals surface area contributed by atoms with Crippen LogP contribution in [0.2, 0.25) is 0 Å². The fourth-order valence-electron chi connectivity index (χ4n) is 2.20. The zero-order valence-corrected chi connectivity index (χ0v) is 13.1. The van der Waals surface area contributed by atoms with E-state index in [1.54, 1.807) is 0 Å². The summed E-state index contributed by atoms with van der Waals surface area (Å²) in [5, 5.41) is 8.90. The Morgan fingerprint density at radius 3 is 2.43 bits per heavy atom. The average molecular weight is 289 g/mol. The Bertz CT molecular complexity index is 494. The maximum atomic E-state index is 11.2. The van der Waals surface area contributed by atoms with E-state index in [4.69, 9.17) is 14.7 Å². The highest BCUT2D eigenvalue weighted by Gasteiger charge is 2.06. The first-order valence-electron chi connectivity index (χ1n) is 7.38. The van der Waals surface area contributed by atoms with Crippen LogP contribution in [0.3, 0.4) is 0 Å². The summed E-state index contributed by atoms with van der Waals surface area (Å²) in [6.45, 7) is 6.78. The van der Waals surface area contributed by atoms with Crippen LogP contribution in [0.5, 0.6) is 5.75 Å². The topological polar surface area (TPSA) is 59.3 Å². The lowest BCUT2D eigenvalue weighted by Crippen LogP contribution is -2.04. The molecule has 1 aromatic rings. The van der Waals surface area contributed by atoms with Gasteiger partial charge in [0.1, 0.15) is 5.75 Å². The van der Waals surface area contributed by atoms with Crippen molar-refractivity contribution in [1.29, 1.82) is 5.26 Å². The van der Waals surface area contributed by atoms with Gasteiger partial charge in [0.05, 0.1) is 24.8 Å². The van der Waals surface area contributed by atoms with Crippen molar-refractivity contribution in [2.24, 2.45) is 0 Å². The third kappa shape index (κ3) is 5.86. The monoisotopic (exact) mass is 289 g/mol. The van der Waals surface area contributed by atoms with E-state index >= 15 is 0 Å². The lowest BCUT2D eigenvalue weighted by Gasteiger charge is -2.12. The second kappa shape index (κ2) is 9.02. The van der Waals surface area contributed by atoms with Gasteiger partial charge in [0.15, 0.2) is 0 Å². The Balaban J connectivity index is 2.31. The van der Waals surface area contributed by atoms with Crippen LogP contribution < -0.4 is 4.74 Å². The first-order valence-corrected chi connectivity index (χ1v) is 7.38. The van der Waals surface area contributed by atoms with Crippen LogP contribution in [0.25, 0.3) is 0 Å². The molecule has 0 heterocycles. The number of nitriles is 1. The number of unbranched alkanes of at least 4 members (excludes halogenated alkanes) is 2. The molecule has 0 saturated carbocycles. The molecule has 0 amide bonds. The zero-order chi connectivity index (χ0) is 15.7. The third-order valence-corrected chi connectivity index (χ3v) is 3.17. The van der Waals surface area contributed by atoms with Crippen molar-refractivity contribution in [2.45, 2.75) is 46.5 Å². The van der Waals surface area contributed by atoms with Crippen LogP contribution in [0.1, 0.15) is 49.3 Å². The number of rotatable bonds is 8. The first-order chi connectivity index (χ1) is 10.1. The van der Waals surface area contributed by atoms with E-state index in [0.717, 1.165) is 36.1 Å². The first kappa shape index (κ1) is 17.0. The number of aryl methyl sites for hydroxylation is 2. The summed E-state index contributed by atoms with van der Waals surface area (Å²) in [6, 6.07) is 5.81. The molecule has 0 fully saturated rings.